The second-order valence-corrected chi connectivity index (χ2v) is 7.23. The number of alkyl halides is 2. The fraction of sp³-hybridized carbons (Fsp3) is 0.300. The van der Waals surface area contributed by atoms with Crippen LogP contribution in [-0.2, 0) is 13.6 Å². The van der Waals surface area contributed by atoms with E-state index in [1.165, 1.54) is 6.33 Å². The number of aliphatic imine (C=N–C) groups is 1. The zero-order valence-electron chi connectivity index (χ0n) is 15.3. The third-order valence-electron chi connectivity index (χ3n) is 5.20. The van der Waals surface area contributed by atoms with Crippen LogP contribution < -0.4 is 4.90 Å². The first-order valence-electron chi connectivity index (χ1n) is 9.10. The first kappa shape index (κ1) is 17.0. The number of hydrogen-bond acceptors (Lipinski definition) is 5. The minimum Gasteiger partial charge on any atom is -0.350 e. The molecule has 0 aliphatic carbocycles. The van der Waals surface area contributed by atoms with Gasteiger partial charge in [0, 0.05) is 43.4 Å². The monoisotopic (exact) mass is 380 g/mol. The van der Waals surface area contributed by atoms with Crippen molar-refractivity contribution in [3.63, 3.8) is 0 Å². The standard InChI is InChI=1S/C20H18F2N6/c1-27-10-15(9-26-27)13-2-3-14-8-23-19(16(14)6-13)17-7-18(25-12-24-17)28-5-4-20(21,22)11-28/h2-3,6-7,9-10,12H,4-5,8,11H2,1H3. The first-order valence-corrected chi connectivity index (χ1v) is 9.10. The summed E-state index contributed by atoms with van der Waals surface area (Å²) in [5.41, 5.74) is 5.64. The van der Waals surface area contributed by atoms with Crippen molar-refractivity contribution in [2.45, 2.75) is 18.9 Å². The molecule has 28 heavy (non-hydrogen) atoms. The summed E-state index contributed by atoms with van der Waals surface area (Å²) >= 11 is 0. The van der Waals surface area contributed by atoms with Crippen LogP contribution >= 0.6 is 0 Å². The molecule has 3 aromatic rings. The molecule has 1 saturated heterocycles. The fourth-order valence-electron chi connectivity index (χ4n) is 3.73. The molecule has 1 fully saturated rings. The van der Waals surface area contributed by atoms with Gasteiger partial charge in [-0.2, -0.15) is 5.10 Å². The van der Waals surface area contributed by atoms with E-state index in [0.717, 1.165) is 28.0 Å². The lowest BCUT2D eigenvalue weighted by Crippen LogP contribution is -2.26. The van der Waals surface area contributed by atoms with Crippen LogP contribution in [-0.4, -0.2) is 44.5 Å². The quantitative estimate of drug-likeness (QED) is 0.701. The molecule has 2 aromatic heterocycles. The Kier molecular flexibility index (Phi) is 3.75. The second kappa shape index (κ2) is 6.19. The van der Waals surface area contributed by atoms with E-state index in [2.05, 4.69) is 38.3 Å². The number of hydrogen-bond donors (Lipinski definition) is 0. The number of benzene rings is 1. The van der Waals surface area contributed by atoms with Gasteiger partial charge < -0.3 is 4.90 Å². The lowest BCUT2D eigenvalue weighted by atomic mass is 9.98. The second-order valence-electron chi connectivity index (χ2n) is 7.23. The van der Waals surface area contributed by atoms with Crippen molar-refractivity contribution >= 4 is 11.5 Å². The van der Waals surface area contributed by atoms with Gasteiger partial charge in [0.1, 0.15) is 12.1 Å². The van der Waals surface area contributed by atoms with Crippen LogP contribution in [0.2, 0.25) is 0 Å². The van der Waals surface area contributed by atoms with Crippen LogP contribution in [0.3, 0.4) is 0 Å². The number of aromatic nitrogens is 4. The summed E-state index contributed by atoms with van der Waals surface area (Å²) < 4.78 is 28.9. The van der Waals surface area contributed by atoms with E-state index in [1.54, 1.807) is 15.6 Å². The van der Waals surface area contributed by atoms with Crippen molar-refractivity contribution < 1.29 is 8.78 Å². The lowest BCUT2D eigenvalue weighted by Gasteiger charge is -2.17. The van der Waals surface area contributed by atoms with Gasteiger partial charge in [0.25, 0.3) is 5.92 Å². The SMILES string of the molecule is Cn1cc(-c2ccc3c(c2)C(c2cc(N4CCC(F)(F)C4)ncn2)=NC3)cn1. The fourth-order valence-corrected chi connectivity index (χ4v) is 3.73. The maximum absolute atomic E-state index is 13.6. The van der Waals surface area contributed by atoms with Crippen LogP contribution in [0.15, 0.2) is 48.0 Å². The smallest absolute Gasteiger partial charge is 0.266 e. The molecular formula is C20H18F2N6. The van der Waals surface area contributed by atoms with Crippen molar-refractivity contribution in [2.75, 3.05) is 18.0 Å². The van der Waals surface area contributed by atoms with E-state index in [9.17, 15) is 8.78 Å². The Morgan fingerprint density at radius 3 is 2.75 bits per heavy atom. The lowest BCUT2D eigenvalue weighted by molar-refractivity contribution is 0.0256. The first-order chi connectivity index (χ1) is 13.5. The normalized spacial score (nSPS) is 17.7. The molecule has 0 N–H and O–H groups in total. The van der Waals surface area contributed by atoms with E-state index < -0.39 is 5.92 Å². The Labute approximate surface area is 160 Å². The van der Waals surface area contributed by atoms with Gasteiger partial charge in [0.15, 0.2) is 0 Å². The Balaban J connectivity index is 1.49. The number of nitrogens with zero attached hydrogens (tertiary/aromatic N) is 6. The van der Waals surface area contributed by atoms with Gasteiger partial charge in [0.05, 0.1) is 30.7 Å². The summed E-state index contributed by atoms with van der Waals surface area (Å²) in [4.78, 5) is 14.8. The number of halogens is 2. The molecule has 2 aliphatic rings. The number of rotatable bonds is 3. The number of fused-ring (bicyclic) bond motifs is 1. The molecule has 0 spiro atoms. The molecule has 142 valence electrons. The van der Waals surface area contributed by atoms with Gasteiger partial charge in [-0.05, 0) is 17.2 Å². The molecule has 0 atom stereocenters. The number of anilines is 1. The highest BCUT2D eigenvalue weighted by molar-refractivity contribution is 6.14. The van der Waals surface area contributed by atoms with Gasteiger partial charge in [0.2, 0.25) is 0 Å². The van der Waals surface area contributed by atoms with Crippen LogP contribution in [0.5, 0.6) is 0 Å². The van der Waals surface area contributed by atoms with Crippen molar-refractivity contribution in [2.24, 2.45) is 12.0 Å². The molecule has 1 aromatic carbocycles. The van der Waals surface area contributed by atoms with Crippen LogP contribution in [0.1, 0.15) is 23.2 Å². The zero-order valence-corrected chi connectivity index (χ0v) is 15.3. The Bertz CT molecular complexity index is 1090. The van der Waals surface area contributed by atoms with Gasteiger partial charge >= 0.3 is 0 Å². The topological polar surface area (TPSA) is 59.2 Å². The third-order valence-corrected chi connectivity index (χ3v) is 5.20. The Hall–Kier alpha value is -3.16. The molecule has 0 unspecified atom stereocenters. The summed E-state index contributed by atoms with van der Waals surface area (Å²) in [7, 11) is 1.88. The summed E-state index contributed by atoms with van der Waals surface area (Å²) in [5, 5.41) is 4.23. The van der Waals surface area contributed by atoms with Crippen LogP contribution in [0, 0.1) is 0 Å². The molecule has 0 radical (unpaired) electrons. The number of aryl methyl sites for hydroxylation is 1. The van der Waals surface area contributed by atoms with E-state index in [-0.39, 0.29) is 19.5 Å². The molecule has 5 rings (SSSR count). The van der Waals surface area contributed by atoms with E-state index in [0.29, 0.717) is 18.1 Å². The molecule has 0 bridgehead atoms. The highest BCUT2D eigenvalue weighted by Crippen LogP contribution is 2.31. The van der Waals surface area contributed by atoms with Crippen LogP contribution in [0.25, 0.3) is 11.1 Å². The molecule has 4 heterocycles. The third kappa shape index (κ3) is 2.94. The average Bonchev–Trinajstić information content (AvgIpc) is 3.39. The van der Waals surface area contributed by atoms with E-state index >= 15 is 0 Å². The maximum atomic E-state index is 13.6. The van der Waals surface area contributed by atoms with Crippen molar-refractivity contribution in [3.8, 4) is 11.1 Å². The minimum absolute atomic E-state index is 0.148. The molecular weight excluding hydrogens is 362 g/mol. The van der Waals surface area contributed by atoms with Gasteiger partial charge in [-0.15, -0.1) is 0 Å². The van der Waals surface area contributed by atoms with E-state index in [1.807, 2.05) is 19.4 Å². The minimum atomic E-state index is -2.67. The molecule has 2 aliphatic heterocycles. The maximum Gasteiger partial charge on any atom is 0.266 e. The molecule has 6 nitrogen and oxygen atoms in total. The molecule has 8 heteroatoms. The molecule has 0 saturated carbocycles. The molecule has 0 amide bonds. The Morgan fingerprint density at radius 1 is 1.11 bits per heavy atom. The van der Waals surface area contributed by atoms with Crippen molar-refractivity contribution in [3.05, 3.63) is 59.8 Å². The largest absolute Gasteiger partial charge is 0.350 e. The Morgan fingerprint density at radius 2 is 2.00 bits per heavy atom. The predicted molar refractivity (Wildman–Crippen MR) is 102 cm³/mol. The summed E-state index contributed by atoms with van der Waals surface area (Å²) in [5.74, 6) is -2.15. The summed E-state index contributed by atoms with van der Waals surface area (Å²) in [6.45, 7) is 0.564. The highest BCUT2D eigenvalue weighted by atomic mass is 19.3. The van der Waals surface area contributed by atoms with Gasteiger partial charge in [-0.3, -0.25) is 9.67 Å². The summed E-state index contributed by atoms with van der Waals surface area (Å²) in [6, 6.07) is 7.97. The predicted octanol–water partition coefficient (Wildman–Crippen LogP) is 3.07. The average molecular weight is 380 g/mol. The van der Waals surface area contributed by atoms with Crippen molar-refractivity contribution in [1.29, 1.82) is 0 Å². The summed E-state index contributed by atoms with van der Waals surface area (Å²) in [6.07, 6.45) is 5.06. The highest BCUT2D eigenvalue weighted by Gasteiger charge is 2.39. The van der Waals surface area contributed by atoms with E-state index in [4.69, 9.17) is 0 Å². The van der Waals surface area contributed by atoms with Gasteiger partial charge in [-0.1, -0.05) is 12.1 Å². The van der Waals surface area contributed by atoms with Crippen LogP contribution in [0.4, 0.5) is 14.6 Å². The van der Waals surface area contributed by atoms with Crippen molar-refractivity contribution in [1.82, 2.24) is 19.7 Å². The van der Waals surface area contributed by atoms with Gasteiger partial charge in [-0.25, -0.2) is 18.7 Å². The zero-order chi connectivity index (χ0) is 19.3.